The van der Waals surface area contributed by atoms with Gasteiger partial charge in [-0.3, -0.25) is 4.99 Å². The Morgan fingerprint density at radius 1 is 1.25 bits per heavy atom. The van der Waals surface area contributed by atoms with Gasteiger partial charge in [-0.2, -0.15) is 0 Å². The molecule has 0 fully saturated rings. The molecule has 0 aliphatic heterocycles. The lowest BCUT2D eigenvalue weighted by atomic mass is 10.1. The predicted molar refractivity (Wildman–Crippen MR) is 91.6 cm³/mol. The van der Waals surface area contributed by atoms with Gasteiger partial charge in [0.1, 0.15) is 0 Å². The molecule has 1 unspecified atom stereocenters. The highest BCUT2D eigenvalue weighted by molar-refractivity contribution is 8.00. The number of thioether (sulfide) groups is 1. The van der Waals surface area contributed by atoms with Crippen molar-refractivity contribution in [3.8, 4) is 11.8 Å². The van der Waals surface area contributed by atoms with Crippen LogP contribution in [0, 0.1) is 11.8 Å². The van der Waals surface area contributed by atoms with E-state index in [4.69, 9.17) is 0 Å². The van der Waals surface area contributed by atoms with Crippen LogP contribution in [-0.4, -0.2) is 17.0 Å². The van der Waals surface area contributed by atoms with E-state index >= 15 is 0 Å². The van der Waals surface area contributed by atoms with Gasteiger partial charge in [0.15, 0.2) is 0 Å². The molecule has 2 heteroatoms. The Hall–Kier alpha value is -1.20. The summed E-state index contributed by atoms with van der Waals surface area (Å²) in [5, 5.41) is 0.351. The molecular weight excluding hydrogens is 262 g/mol. The van der Waals surface area contributed by atoms with E-state index in [1.165, 1.54) is 17.7 Å². The molecule has 0 saturated carbocycles. The molecule has 1 rings (SSSR count). The maximum atomic E-state index is 4.41. The molecule has 1 nitrogen and oxygen atoms in total. The number of unbranched alkanes of at least 4 members (excludes halogenated alkanes) is 1. The number of rotatable bonds is 5. The first kappa shape index (κ1) is 16.9. The van der Waals surface area contributed by atoms with E-state index in [9.17, 15) is 0 Å². The van der Waals surface area contributed by atoms with Gasteiger partial charge in [0, 0.05) is 4.90 Å². The molecule has 0 bridgehead atoms. The molecule has 0 spiro atoms. The van der Waals surface area contributed by atoms with Gasteiger partial charge in [-0.1, -0.05) is 49.8 Å². The molecule has 1 aromatic rings. The highest BCUT2D eigenvalue weighted by atomic mass is 32.2. The monoisotopic (exact) mass is 287 g/mol. The smallest absolute Gasteiger partial charge is 0.0717 e. The summed E-state index contributed by atoms with van der Waals surface area (Å²) in [6.07, 6.45) is 5.32. The van der Waals surface area contributed by atoms with Crippen molar-refractivity contribution in [2.75, 3.05) is 0 Å². The molecule has 1 aromatic carbocycles. The summed E-state index contributed by atoms with van der Waals surface area (Å²) in [4.78, 5) is 5.70. The molecular formula is C18H25NS. The summed E-state index contributed by atoms with van der Waals surface area (Å²) in [5.74, 6) is 6.45. The Morgan fingerprint density at radius 2 is 1.95 bits per heavy atom. The van der Waals surface area contributed by atoms with Crippen molar-refractivity contribution in [3.05, 3.63) is 30.3 Å². The molecule has 20 heavy (non-hydrogen) atoms. The Bertz CT molecular complexity index is 460. The van der Waals surface area contributed by atoms with Gasteiger partial charge in [0.2, 0.25) is 0 Å². The van der Waals surface area contributed by atoms with Crippen LogP contribution >= 0.6 is 11.8 Å². The van der Waals surface area contributed by atoms with Gasteiger partial charge in [0.25, 0.3) is 0 Å². The quantitative estimate of drug-likeness (QED) is 0.411. The number of aliphatic imine (C=N–C) groups is 1. The first-order valence-corrected chi connectivity index (χ1v) is 8.15. The lowest BCUT2D eigenvalue weighted by Crippen LogP contribution is -2.09. The SMILES string of the molecule is CCCCC(C#CC=NC(C)(C)C)Sc1ccccc1. The number of nitrogens with zero attached hydrogens (tertiary/aromatic N) is 1. The average molecular weight is 287 g/mol. The summed E-state index contributed by atoms with van der Waals surface area (Å²) in [6, 6.07) is 10.5. The van der Waals surface area contributed by atoms with Crippen molar-refractivity contribution in [2.24, 2.45) is 4.99 Å². The largest absolute Gasteiger partial charge is 0.278 e. The van der Waals surface area contributed by atoms with Gasteiger partial charge in [-0.15, -0.1) is 11.8 Å². The Labute approximate surface area is 128 Å². The molecule has 0 aliphatic rings. The highest BCUT2D eigenvalue weighted by Crippen LogP contribution is 2.25. The van der Waals surface area contributed by atoms with E-state index in [2.05, 4.69) is 68.8 Å². The summed E-state index contributed by atoms with van der Waals surface area (Å²) in [5.41, 5.74) is -0.0415. The lowest BCUT2D eigenvalue weighted by Gasteiger charge is -2.10. The van der Waals surface area contributed by atoms with E-state index in [1.807, 2.05) is 17.8 Å². The molecule has 0 N–H and O–H groups in total. The number of hydrogen-bond acceptors (Lipinski definition) is 2. The van der Waals surface area contributed by atoms with E-state index in [1.54, 1.807) is 6.21 Å². The van der Waals surface area contributed by atoms with Crippen LogP contribution in [0.15, 0.2) is 40.2 Å². The molecule has 0 radical (unpaired) electrons. The molecule has 0 saturated heterocycles. The fourth-order valence-electron chi connectivity index (χ4n) is 1.57. The fourth-order valence-corrected chi connectivity index (χ4v) is 2.62. The Kier molecular flexibility index (Phi) is 7.47. The fraction of sp³-hybridized carbons (Fsp3) is 0.500. The predicted octanol–water partition coefficient (Wildman–Crippen LogP) is 5.21. The minimum atomic E-state index is -0.0415. The zero-order chi connectivity index (χ0) is 14.8. The molecule has 0 aromatic heterocycles. The van der Waals surface area contributed by atoms with Gasteiger partial charge >= 0.3 is 0 Å². The van der Waals surface area contributed by atoms with Crippen LogP contribution in [0.2, 0.25) is 0 Å². The van der Waals surface area contributed by atoms with Gasteiger partial charge < -0.3 is 0 Å². The van der Waals surface area contributed by atoms with E-state index in [-0.39, 0.29) is 5.54 Å². The van der Waals surface area contributed by atoms with Gasteiger partial charge in [0.05, 0.1) is 17.0 Å². The second kappa shape index (κ2) is 8.87. The zero-order valence-electron chi connectivity index (χ0n) is 13.0. The normalized spacial score (nSPS) is 13.0. The Balaban J connectivity index is 2.65. The maximum Gasteiger partial charge on any atom is 0.0717 e. The standard InChI is InChI=1S/C18H25NS/c1-5-6-11-16(14-10-15-19-18(2,3)4)20-17-12-8-7-9-13-17/h7-9,12-13,15-16H,5-6,11H2,1-4H3. The topological polar surface area (TPSA) is 12.4 Å². The first-order chi connectivity index (χ1) is 9.51. The third-order valence-electron chi connectivity index (χ3n) is 2.60. The second-order valence-electron chi connectivity index (χ2n) is 5.78. The first-order valence-electron chi connectivity index (χ1n) is 7.28. The van der Waals surface area contributed by atoms with Crippen molar-refractivity contribution >= 4 is 18.0 Å². The minimum absolute atomic E-state index is 0.0415. The van der Waals surface area contributed by atoms with Crippen LogP contribution in [0.25, 0.3) is 0 Å². The van der Waals surface area contributed by atoms with Crippen molar-refractivity contribution in [1.82, 2.24) is 0 Å². The highest BCUT2D eigenvalue weighted by Gasteiger charge is 2.07. The van der Waals surface area contributed by atoms with Crippen LogP contribution < -0.4 is 0 Å². The van der Waals surface area contributed by atoms with Crippen LogP contribution in [0.4, 0.5) is 0 Å². The summed E-state index contributed by atoms with van der Waals surface area (Å²) >= 11 is 1.85. The van der Waals surface area contributed by atoms with E-state index < -0.39 is 0 Å². The zero-order valence-corrected chi connectivity index (χ0v) is 13.8. The molecule has 0 aliphatic carbocycles. The number of hydrogen-bond donors (Lipinski definition) is 0. The van der Waals surface area contributed by atoms with Crippen molar-refractivity contribution in [3.63, 3.8) is 0 Å². The second-order valence-corrected chi connectivity index (χ2v) is 7.06. The van der Waals surface area contributed by atoms with Crippen LogP contribution in [-0.2, 0) is 0 Å². The third-order valence-corrected chi connectivity index (χ3v) is 3.78. The van der Waals surface area contributed by atoms with Gasteiger partial charge in [-0.25, -0.2) is 0 Å². The average Bonchev–Trinajstić information content (AvgIpc) is 2.40. The molecule has 108 valence electrons. The van der Waals surface area contributed by atoms with Gasteiger partial charge in [-0.05, 0) is 39.3 Å². The molecule has 0 heterocycles. The third kappa shape index (κ3) is 8.07. The van der Waals surface area contributed by atoms with Crippen LogP contribution in [0.3, 0.4) is 0 Å². The van der Waals surface area contributed by atoms with Crippen LogP contribution in [0.1, 0.15) is 47.0 Å². The molecule has 0 amide bonds. The summed E-state index contributed by atoms with van der Waals surface area (Å²) < 4.78 is 0. The van der Waals surface area contributed by atoms with E-state index in [0.29, 0.717) is 5.25 Å². The minimum Gasteiger partial charge on any atom is -0.278 e. The Morgan fingerprint density at radius 3 is 2.55 bits per heavy atom. The molecule has 1 atom stereocenters. The van der Waals surface area contributed by atoms with E-state index in [0.717, 1.165) is 6.42 Å². The van der Waals surface area contributed by atoms with Crippen LogP contribution in [0.5, 0.6) is 0 Å². The van der Waals surface area contributed by atoms with Crippen molar-refractivity contribution in [1.29, 1.82) is 0 Å². The number of benzene rings is 1. The lowest BCUT2D eigenvalue weighted by molar-refractivity contribution is 0.587. The summed E-state index contributed by atoms with van der Waals surface area (Å²) in [6.45, 7) is 8.47. The van der Waals surface area contributed by atoms with Crippen molar-refractivity contribution < 1.29 is 0 Å². The summed E-state index contributed by atoms with van der Waals surface area (Å²) in [7, 11) is 0. The maximum absolute atomic E-state index is 4.41. The van der Waals surface area contributed by atoms with Crippen molar-refractivity contribution in [2.45, 2.75) is 62.6 Å².